The van der Waals surface area contributed by atoms with E-state index in [1.807, 2.05) is 0 Å². The zero-order chi connectivity index (χ0) is 17.0. The summed E-state index contributed by atoms with van der Waals surface area (Å²) in [6, 6.07) is 5.23. The molecule has 6 heteroatoms. The Hall–Kier alpha value is -1.56. The van der Waals surface area contributed by atoms with Crippen LogP contribution < -0.4 is 5.32 Å². The van der Waals surface area contributed by atoms with Crippen LogP contribution in [0.15, 0.2) is 24.3 Å². The Labute approximate surface area is 133 Å². The van der Waals surface area contributed by atoms with Gasteiger partial charge < -0.3 is 10.4 Å². The van der Waals surface area contributed by atoms with Gasteiger partial charge in [0.05, 0.1) is 6.10 Å². The molecule has 2 atom stereocenters. The van der Waals surface area contributed by atoms with Gasteiger partial charge in [0.25, 0.3) is 0 Å². The van der Waals surface area contributed by atoms with Crippen molar-refractivity contribution >= 4 is 5.91 Å². The maximum Gasteiger partial charge on any atom is 0.248 e. The van der Waals surface area contributed by atoms with Crippen LogP contribution >= 0.6 is 0 Å². The second-order valence-corrected chi connectivity index (χ2v) is 6.34. The van der Waals surface area contributed by atoms with Gasteiger partial charge in [0, 0.05) is 24.8 Å². The highest BCUT2D eigenvalue weighted by atomic mass is 19.3. The highest BCUT2D eigenvalue weighted by Crippen LogP contribution is 2.36. The maximum absolute atomic E-state index is 13.1. The fourth-order valence-electron chi connectivity index (χ4n) is 2.88. The molecule has 0 aliphatic heterocycles. The van der Waals surface area contributed by atoms with E-state index in [0.29, 0.717) is 5.56 Å². The summed E-state index contributed by atoms with van der Waals surface area (Å²) in [5.74, 6) is -3.66. The van der Waals surface area contributed by atoms with Gasteiger partial charge in [-0.2, -0.15) is 0 Å². The first kappa shape index (κ1) is 17.8. The van der Waals surface area contributed by atoms with E-state index >= 15 is 0 Å². The fraction of sp³-hybridized carbons (Fsp3) is 0.588. The number of aliphatic hydroxyl groups is 1. The van der Waals surface area contributed by atoms with Crippen LogP contribution in [-0.2, 0) is 4.79 Å². The van der Waals surface area contributed by atoms with Crippen molar-refractivity contribution in [2.24, 2.45) is 5.92 Å². The highest BCUT2D eigenvalue weighted by Gasteiger charge is 2.37. The summed E-state index contributed by atoms with van der Waals surface area (Å²) in [5, 5.41) is 12.9. The molecule has 0 bridgehead atoms. The van der Waals surface area contributed by atoms with Gasteiger partial charge in [0.15, 0.2) is 0 Å². The van der Waals surface area contributed by atoms with Gasteiger partial charge >= 0.3 is 0 Å². The molecule has 1 amide bonds. The third kappa shape index (κ3) is 5.23. The molecular formula is C17H22F3NO2. The second kappa shape index (κ2) is 7.34. The van der Waals surface area contributed by atoms with Crippen molar-refractivity contribution in [2.75, 3.05) is 0 Å². The lowest BCUT2D eigenvalue weighted by atomic mass is 9.86. The number of alkyl halides is 2. The molecule has 23 heavy (non-hydrogen) atoms. The van der Waals surface area contributed by atoms with Crippen LogP contribution in [0.5, 0.6) is 0 Å². The summed E-state index contributed by atoms with van der Waals surface area (Å²) in [5.41, 5.74) is 0.574. The van der Waals surface area contributed by atoms with Gasteiger partial charge in [-0.3, -0.25) is 4.79 Å². The monoisotopic (exact) mass is 329 g/mol. The molecule has 1 aromatic carbocycles. The Balaban J connectivity index is 1.81. The molecule has 0 saturated heterocycles. The van der Waals surface area contributed by atoms with Crippen LogP contribution in [0.3, 0.4) is 0 Å². The summed E-state index contributed by atoms with van der Waals surface area (Å²) < 4.78 is 39.1. The van der Waals surface area contributed by atoms with E-state index < -0.39 is 12.0 Å². The largest absolute Gasteiger partial charge is 0.388 e. The van der Waals surface area contributed by atoms with Crippen LogP contribution in [0.25, 0.3) is 0 Å². The minimum absolute atomic E-state index is 0.187. The van der Waals surface area contributed by atoms with E-state index in [9.17, 15) is 23.1 Å². The number of amides is 1. The molecule has 1 fully saturated rings. The molecule has 3 nitrogen and oxygen atoms in total. The van der Waals surface area contributed by atoms with E-state index in [-0.39, 0.29) is 55.8 Å². The van der Waals surface area contributed by atoms with Crippen LogP contribution in [-0.4, -0.2) is 23.0 Å². The molecule has 1 saturated carbocycles. The number of carbonyl (C=O) groups is 1. The summed E-state index contributed by atoms with van der Waals surface area (Å²) >= 11 is 0. The second-order valence-electron chi connectivity index (χ2n) is 6.34. The minimum atomic E-state index is -2.65. The summed E-state index contributed by atoms with van der Waals surface area (Å²) in [4.78, 5) is 12.1. The molecule has 128 valence electrons. The van der Waals surface area contributed by atoms with Gasteiger partial charge in [-0.15, -0.1) is 0 Å². The lowest BCUT2D eigenvalue weighted by Gasteiger charge is -2.28. The molecule has 0 heterocycles. The van der Waals surface area contributed by atoms with E-state index in [1.54, 1.807) is 6.92 Å². The van der Waals surface area contributed by atoms with Crippen LogP contribution in [0.2, 0.25) is 0 Å². The summed E-state index contributed by atoms with van der Waals surface area (Å²) in [6.07, 6.45) is -0.671. The zero-order valence-electron chi connectivity index (χ0n) is 13.1. The molecule has 1 aromatic rings. The van der Waals surface area contributed by atoms with Crippen molar-refractivity contribution in [3.63, 3.8) is 0 Å². The normalized spacial score (nSPS) is 20.7. The number of hydrogen-bond acceptors (Lipinski definition) is 2. The molecule has 0 spiro atoms. The van der Waals surface area contributed by atoms with Crippen molar-refractivity contribution < 1.29 is 23.1 Å². The lowest BCUT2D eigenvalue weighted by molar-refractivity contribution is -0.129. The lowest BCUT2D eigenvalue weighted by Crippen LogP contribution is -2.40. The maximum atomic E-state index is 13.1. The quantitative estimate of drug-likeness (QED) is 0.867. The van der Waals surface area contributed by atoms with Crippen molar-refractivity contribution in [2.45, 2.75) is 57.1 Å². The molecule has 0 aromatic heterocycles. The Morgan fingerprint density at radius 3 is 2.43 bits per heavy atom. The van der Waals surface area contributed by atoms with Crippen LogP contribution in [0, 0.1) is 11.7 Å². The smallest absolute Gasteiger partial charge is 0.248 e. The molecule has 2 N–H and O–H groups in total. The van der Waals surface area contributed by atoms with E-state index in [1.165, 1.54) is 24.3 Å². The Morgan fingerprint density at radius 1 is 1.30 bits per heavy atom. The van der Waals surface area contributed by atoms with Crippen molar-refractivity contribution in [1.29, 1.82) is 0 Å². The Morgan fingerprint density at radius 2 is 1.87 bits per heavy atom. The van der Waals surface area contributed by atoms with Crippen molar-refractivity contribution in [3.8, 4) is 0 Å². The molecule has 2 rings (SSSR count). The summed E-state index contributed by atoms with van der Waals surface area (Å²) in [6.45, 7) is 1.75. The number of carbonyl (C=O) groups excluding carboxylic acids is 1. The molecule has 2 unspecified atom stereocenters. The molecular weight excluding hydrogens is 307 g/mol. The van der Waals surface area contributed by atoms with Crippen LogP contribution in [0.1, 0.15) is 50.7 Å². The predicted octanol–water partition coefficient (Wildman–Crippen LogP) is 3.58. The van der Waals surface area contributed by atoms with Gasteiger partial charge in [0.2, 0.25) is 11.8 Å². The fourth-order valence-corrected chi connectivity index (χ4v) is 2.88. The average molecular weight is 329 g/mol. The average Bonchev–Trinajstić information content (AvgIpc) is 2.47. The SMILES string of the molecule is CC(CC(O)c1ccc(F)cc1)NC(=O)C1CCC(F)(F)CC1. The minimum Gasteiger partial charge on any atom is -0.388 e. The number of nitrogens with one attached hydrogen (secondary N) is 1. The third-order valence-corrected chi connectivity index (χ3v) is 4.31. The van der Waals surface area contributed by atoms with Gasteiger partial charge in [-0.05, 0) is 43.9 Å². The zero-order valence-corrected chi connectivity index (χ0v) is 13.1. The van der Waals surface area contributed by atoms with Gasteiger partial charge in [-0.1, -0.05) is 12.1 Å². The number of aliphatic hydroxyl groups excluding tert-OH is 1. The van der Waals surface area contributed by atoms with Crippen molar-refractivity contribution in [1.82, 2.24) is 5.32 Å². The number of benzene rings is 1. The van der Waals surface area contributed by atoms with E-state index in [2.05, 4.69) is 5.32 Å². The number of rotatable bonds is 5. The third-order valence-electron chi connectivity index (χ3n) is 4.31. The van der Waals surface area contributed by atoms with Crippen LogP contribution in [0.4, 0.5) is 13.2 Å². The topological polar surface area (TPSA) is 49.3 Å². The molecule has 0 radical (unpaired) electrons. The first-order valence-electron chi connectivity index (χ1n) is 7.88. The molecule has 1 aliphatic rings. The van der Waals surface area contributed by atoms with Gasteiger partial charge in [0.1, 0.15) is 5.82 Å². The van der Waals surface area contributed by atoms with E-state index in [0.717, 1.165) is 0 Å². The predicted molar refractivity (Wildman–Crippen MR) is 80.5 cm³/mol. The number of halogens is 3. The first-order chi connectivity index (χ1) is 10.8. The first-order valence-corrected chi connectivity index (χ1v) is 7.88. The highest BCUT2D eigenvalue weighted by molar-refractivity contribution is 5.79. The Bertz CT molecular complexity index is 523. The summed E-state index contributed by atoms with van der Waals surface area (Å²) in [7, 11) is 0. The van der Waals surface area contributed by atoms with E-state index in [4.69, 9.17) is 0 Å². The molecule has 1 aliphatic carbocycles. The Kier molecular flexibility index (Phi) is 5.68. The van der Waals surface area contributed by atoms with Crippen molar-refractivity contribution in [3.05, 3.63) is 35.6 Å². The van der Waals surface area contributed by atoms with Gasteiger partial charge in [-0.25, -0.2) is 13.2 Å². The number of hydrogen-bond donors (Lipinski definition) is 2. The standard InChI is InChI=1S/C17H22F3NO2/c1-11(10-15(22)12-2-4-14(18)5-3-12)21-16(23)13-6-8-17(19,20)9-7-13/h2-5,11,13,15,22H,6-10H2,1H3,(H,21,23).